The summed E-state index contributed by atoms with van der Waals surface area (Å²) in [5, 5.41) is 0. The molecule has 0 amide bonds. The number of benzene rings is 16. The fourth-order valence-corrected chi connectivity index (χ4v) is 19.6. The van der Waals surface area contributed by atoms with Gasteiger partial charge in [-0.1, -0.05) is 353 Å². The van der Waals surface area contributed by atoms with Crippen LogP contribution in [-0.2, 0) is 28.1 Å². The molecule has 2 heterocycles. The van der Waals surface area contributed by atoms with Crippen LogP contribution in [-0.4, -0.2) is 0 Å². The van der Waals surface area contributed by atoms with Crippen LogP contribution in [0.2, 0.25) is 0 Å². The van der Waals surface area contributed by atoms with Gasteiger partial charge in [0.1, 0.15) is 23.0 Å². The van der Waals surface area contributed by atoms with E-state index in [1.54, 1.807) is 0 Å². The molecular weight excluding hydrogens is 1390 g/mol. The van der Waals surface area contributed by atoms with Crippen molar-refractivity contribution in [2.75, 3.05) is 4.90 Å². The van der Waals surface area contributed by atoms with E-state index in [9.17, 15) is 0 Å². The van der Waals surface area contributed by atoms with Crippen molar-refractivity contribution in [1.82, 2.24) is 0 Å². The van der Waals surface area contributed by atoms with Crippen LogP contribution < -0.4 is 14.4 Å². The molecule has 520 valence electrons. The second kappa shape index (κ2) is 25.8. The fourth-order valence-electron chi connectivity index (χ4n) is 19.3. The lowest BCUT2D eigenvalue weighted by atomic mass is 9.66. The number of para-hydroxylation sites is 5. The number of hydrogen-bond acceptors (Lipinski definition) is 3. The lowest BCUT2D eigenvalue weighted by molar-refractivity contribution is 0.436. The molecule has 4 heteroatoms. The molecule has 2 spiro atoms. The van der Waals surface area contributed by atoms with Crippen molar-refractivity contribution in [1.29, 1.82) is 0 Å². The van der Waals surface area contributed by atoms with E-state index in [1.807, 2.05) is 12.1 Å². The van der Waals surface area contributed by atoms with Crippen molar-refractivity contribution in [3.8, 4) is 89.8 Å². The third-order valence-electron chi connectivity index (χ3n) is 24.1. The van der Waals surface area contributed by atoms with E-state index in [2.05, 4.69) is 413 Å². The van der Waals surface area contributed by atoms with Gasteiger partial charge in [0, 0.05) is 54.5 Å². The van der Waals surface area contributed by atoms with Gasteiger partial charge in [-0.25, -0.2) is 0 Å². The summed E-state index contributed by atoms with van der Waals surface area (Å²) < 4.78 is 14.1. The molecule has 6 aliphatic rings. The van der Waals surface area contributed by atoms with Crippen molar-refractivity contribution < 1.29 is 9.47 Å². The molecule has 2 aliphatic heterocycles. The Hall–Kier alpha value is -12.6. The molecule has 109 heavy (non-hydrogen) atoms. The van der Waals surface area contributed by atoms with Crippen LogP contribution in [0.25, 0.3) is 66.8 Å². The smallest absolute Gasteiger partial charge is 0.132 e. The Morgan fingerprint density at radius 2 is 0.569 bits per heavy atom. The highest BCUT2D eigenvalue weighted by Gasteiger charge is 2.53. The maximum absolute atomic E-state index is 6.65. The van der Waals surface area contributed by atoms with Crippen molar-refractivity contribution in [3.05, 3.63) is 458 Å². The van der Waals surface area contributed by atoms with Crippen LogP contribution in [0.1, 0.15) is 106 Å². The largest absolute Gasteiger partial charge is 0.457 e. The predicted octanol–water partition coefficient (Wildman–Crippen LogP) is 27.8. The topological polar surface area (TPSA) is 21.7 Å². The van der Waals surface area contributed by atoms with Crippen LogP contribution in [0, 0.1) is 0 Å². The first kappa shape index (κ1) is 65.9. The predicted molar refractivity (Wildman–Crippen MR) is 452 cm³/mol. The summed E-state index contributed by atoms with van der Waals surface area (Å²) in [7, 11) is 0. The number of halogens is 1. The SMILES string of the molecule is Brc1ccc2c(c1)C1(c3ccccc3Oc3ccccc31)c1ccccc1-2.CC1(C)c2ccccc2-c2ccc(Cc3ccccc3-c3ccccc3)cc21.CC1(C)c2ccccc2-c2ccc(N(c3ccc4c(c3)C3(c5ccccc5Oc5ccccc53)c3ccccc3-4)c3ccccc3-c3ccccc3)cc21. The average Bonchev–Trinajstić information content (AvgIpc) is 1.56. The maximum atomic E-state index is 6.65. The zero-order valence-electron chi connectivity index (χ0n) is 61.1. The van der Waals surface area contributed by atoms with Gasteiger partial charge in [-0.05, 0) is 190 Å². The summed E-state index contributed by atoms with van der Waals surface area (Å²) in [6, 6.07) is 136. The molecule has 0 radical (unpaired) electrons. The van der Waals surface area contributed by atoms with E-state index in [-0.39, 0.29) is 16.2 Å². The van der Waals surface area contributed by atoms with Crippen LogP contribution in [0.4, 0.5) is 17.1 Å². The van der Waals surface area contributed by atoms with Crippen LogP contribution in [0.3, 0.4) is 0 Å². The Labute approximate surface area is 646 Å². The van der Waals surface area contributed by atoms with Crippen LogP contribution in [0.15, 0.2) is 381 Å². The molecule has 0 unspecified atom stereocenters. The minimum Gasteiger partial charge on any atom is -0.457 e. The number of anilines is 3. The zero-order chi connectivity index (χ0) is 73.2. The normalized spacial score (nSPS) is 14.4. The Balaban J connectivity index is 0.000000119. The standard InChI is InChI=1S/C52H37NO.C28H24.C25H15BrO/c1-51(2)42-21-9-6-19-38(42)40-30-28-35(32-46(40)51)53(48-25-13-8-18-37(48)34-16-4-3-5-17-34)36-29-31-41-39-20-7-10-22-43(39)52(47(41)33-36)44-23-11-14-26-49(44)54-50-27-15-12-24-45(50)52;1-28(2)26-15-9-8-14-24(26)25-17-16-20(19-27(25)28)18-22-12-6-7-13-23(22)21-10-4-3-5-11-21;26-16-13-14-18-17-7-1-2-8-19(17)25(22(18)15-16)20-9-3-5-11-23(20)27-24-12-6-4-10-21(24)25/h3-33H,1-2H3;3-17,19H,18H2,1-2H3;1-15H. The number of rotatable bonds is 7. The highest BCUT2D eigenvalue weighted by Crippen LogP contribution is 2.65. The molecule has 0 N–H and O–H groups in total. The van der Waals surface area contributed by atoms with Crippen LogP contribution in [0.5, 0.6) is 23.0 Å². The summed E-state index contributed by atoms with van der Waals surface area (Å²) in [5.41, 5.74) is 36.2. The van der Waals surface area contributed by atoms with Gasteiger partial charge in [-0.15, -0.1) is 0 Å². The second-order valence-electron chi connectivity index (χ2n) is 30.6. The van der Waals surface area contributed by atoms with Gasteiger partial charge in [0.05, 0.1) is 16.5 Å². The molecule has 16 aromatic carbocycles. The van der Waals surface area contributed by atoms with Crippen molar-refractivity contribution in [2.24, 2.45) is 0 Å². The Bertz CT molecular complexity index is 6230. The molecule has 0 atom stereocenters. The van der Waals surface area contributed by atoms with Gasteiger partial charge in [-0.3, -0.25) is 0 Å². The summed E-state index contributed by atoms with van der Waals surface area (Å²) in [5.74, 6) is 3.66. The Morgan fingerprint density at radius 1 is 0.248 bits per heavy atom. The molecule has 0 saturated heterocycles. The van der Waals surface area contributed by atoms with Gasteiger partial charge >= 0.3 is 0 Å². The molecule has 4 aliphatic carbocycles. The summed E-state index contributed by atoms with van der Waals surface area (Å²) in [6.45, 7) is 9.42. The fraction of sp³-hybridized carbons (Fsp3) is 0.0857. The van der Waals surface area contributed by atoms with Gasteiger partial charge in [0.15, 0.2) is 0 Å². The molecular formula is C105H76BrNO2. The monoisotopic (exact) mass is 1460 g/mol. The zero-order valence-corrected chi connectivity index (χ0v) is 62.7. The first-order chi connectivity index (χ1) is 53.5. The Morgan fingerprint density at radius 3 is 1.06 bits per heavy atom. The summed E-state index contributed by atoms with van der Waals surface area (Å²) in [4.78, 5) is 2.48. The minimum atomic E-state index is -0.556. The average molecular weight is 1460 g/mol. The number of nitrogens with zero attached hydrogens (tertiary/aromatic N) is 1. The van der Waals surface area contributed by atoms with E-state index in [0.29, 0.717) is 0 Å². The third kappa shape index (κ3) is 10.2. The van der Waals surface area contributed by atoms with Crippen molar-refractivity contribution in [2.45, 2.75) is 55.8 Å². The van der Waals surface area contributed by atoms with Gasteiger partial charge in [0.2, 0.25) is 0 Å². The van der Waals surface area contributed by atoms with Gasteiger partial charge < -0.3 is 14.4 Å². The maximum Gasteiger partial charge on any atom is 0.132 e. The van der Waals surface area contributed by atoms with Crippen LogP contribution >= 0.6 is 15.9 Å². The molecule has 16 aromatic rings. The molecule has 0 fully saturated rings. The van der Waals surface area contributed by atoms with E-state index in [1.165, 1.54) is 145 Å². The highest BCUT2D eigenvalue weighted by molar-refractivity contribution is 9.10. The second-order valence-corrected chi connectivity index (χ2v) is 31.5. The van der Waals surface area contributed by atoms with E-state index in [4.69, 9.17) is 9.47 Å². The Kier molecular flexibility index (Phi) is 15.6. The lowest BCUT2D eigenvalue weighted by Gasteiger charge is -2.39. The van der Waals surface area contributed by atoms with E-state index in [0.717, 1.165) is 51.0 Å². The molecule has 3 nitrogen and oxygen atoms in total. The first-order valence-electron chi connectivity index (χ1n) is 37.9. The number of hydrogen-bond donors (Lipinski definition) is 0. The summed E-state index contributed by atoms with van der Waals surface area (Å²) in [6.07, 6.45) is 0.949. The molecule has 22 rings (SSSR count). The molecule has 0 aromatic heterocycles. The summed E-state index contributed by atoms with van der Waals surface area (Å²) >= 11 is 3.71. The van der Waals surface area contributed by atoms with Gasteiger partial charge in [-0.2, -0.15) is 0 Å². The third-order valence-corrected chi connectivity index (χ3v) is 24.6. The quantitative estimate of drug-likeness (QED) is 0.159. The van der Waals surface area contributed by atoms with E-state index >= 15 is 0 Å². The number of fused-ring (bicyclic) bond motifs is 24. The lowest BCUT2D eigenvalue weighted by Crippen LogP contribution is -2.32. The molecule has 0 saturated carbocycles. The number of ether oxygens (including phenoxy) is 2. The highest BCUT2D eigenvalue weighted by atomic mass is 79.9. The van der Waals surface area contributed by atoms with E-state index < -0.39 is 5.41 Å². The van der Waals surface area contributed by atoms with Crippen molar-refractivity contribution >= 4 is 33.0 Å². The first-order valence-corrected chi connectivity index (χ1v) is 38.7. The van der Waals surface area contributed by atoms with Crippen molar-refractivity contribution in [3.63, 3.8) is 0 Å². The van der Waals surface area contributed by atoms with Gasteiger partial charge in [0.25, 0.3) is 0 Å². The minimum absolute atomic E-state index is 0.0564. The molecule has 0 bridgehead atoms.